The van der Waals surface area contributed by atoms with E-state index in [-0.39, 0.29) is 11.1 Å². The summed E-state index contributed by atoms with van der Waals surface area (Å²) in [5, 5.41) is 0.259. The maximum Gasteiger partial charge on any atom is 0.192 e. The second-order valence-electron chi connectivity index (χ2n) is 5.89. The summed E-state index contributed by atoms with van der Waals surface area (Å²) < 4.78 is 6.11. The molecule has 0 aromatic heterocycles. The third-order valence-corrected chi connectivity index (χ3v) is 8.19. The lowest BCUT2D eigenvalue weighted by Gasteiger charge is -2.37. The van der Waals surface area contributed by atoms with Crippen LogP contribution < -0.4 is 5.73 Å². The zero-order valence-corrected chi connectivity index (χ0v) is 13.1. The molecule has 3 heteroatoms. The van der Waals surface area contributed by atoms with Gasteiger partial charge in [0.1, 0.15) is 0 Å². The highest BCUT2D eigenvalue weighted by Crippen LogP contribution is 2.36. The third-order valence-electron chi connectivity index (χ3n) is 3.69. The normalized spacial score (nSPS) is 16.4. The van der Waals surface area contributed by atoms with E-state index in [9.17, 15) is 0 Å². The summed E-state index contributed by atoms with van der Waals surface area (Å²) in [6, 6.07) is 0.0594. The van der Waals surface area contributed by atoms with Crippen LogP contribution in [0.3, 0.4) is 0 Å². The molecule has 0 heterocycles. The Morgan fingerprint density at radius 1 is 1.38 bits per heavy atom. The van der Waals surface area contributed by atoms with Crippen LogP contribution in [-0.4, -0.2) is 21.0 Å². The molecule has 0 aromatic carbocycles. The average molecular weight is 243 g/mol. The van der Waals surface area contributed by atoms with Gasteiger partial charge in [0.05, 0.1) is 6.61 Å². The number of allylic oxidation sites excluding steroid dienone is 1. The largest absolute Gasteiger partial charge is 0.415 e. The second kappa shape index (κ2) is 5.99. The highest BCUT2D eigenvalue weighted by molar-refractivity contribution is 6.74. The lowest BCUT2D eigenvalue weighted by molar-refractivity contribution is 0.273. The van der Waals surface area contributed by atoms with Gasteiger partial charge in [0, 0.05) is 6.04 Å². The molecule has 0 saturated heterocycles. The molecule has 2 N–H and O–H groups in total. The molecule has 0 aromatic rings. The Kier molecular flexibility index (Phi) is 5.94. The molecule has 0 radical (unpaired) electrons. The molecule has 0 rings (SSSR count). The molecular weight excluding hydrogens is 214 g/mol. The van der Waals surface area contributed by atoms with Gasteiger partial charge in [0.2, 0.25) is 0 Å². The highest BCUT2D eigenvalue weighted by Gasteiger charge is 2.37. The Balaban J connectivity index is 4.36. The first kappa shape index (κ1) is 15.9. The summed E-state index contributed by atoms with van der Waals surface area (Å²) in [5.74, 6) is 0. The molecule has 2 nitrogen and oxygen atoms in total. The Bertz CT molecular complexity index is 241. The van der Waals surface area contributed by atoms with Gasteiger partial charge in [-0.25, -0.2) is 0 Å². The summed E-state index contributed by atoms with van der Waals surface area (Å²) >= 11 is 0. The van der Waals surface area contributed by atoms with Crippen molar-refractivity contribution in [2.45, 2.75) is 65.2 Å². The highest BCUT2D eigenvalue weighted by atomic mass is 28.4. The maximum atomic E-state index is 6.12. The monoisotopic (exact) mass is 243 g/mol. The Morgan fingerprint density at radius 3 is 2.19 bits per heavy atom. The van der Waals surface area contributed by atoms with E-state index >= 15 is 0 Å². The van der Waals surface area contributed by atoms with Gasteiger partial charge in [-0.3, -0.25) is 0 Å². The van der Waals surface area contributed by atoms with Gasteiger partial charge >= 0.3 is 0 Å². The lowest BCUT2D eigenvalue weighted by Crippen LogP contribution is -2.44. The van der Waals surface area contributed by atoms with E-state index in [0.29, 0.717) is 6.61 Å². The van der Waals surface area contributed by atoms with Crippen LogP contribution in [0.5, 0.6) is 0 Å². The van der Waals surface area contributed by atoms with Gasteiger partial charge in [-0.05, 0) is 31.5 Å². The van der Waals surface area contributed by atoms with Crippen molar-refractivity contribution in [3.05, 3.63) is 11.6 Å². The van der Waals surface area contributed by atoms with E-state index < -0.39 is 8.32 Å². The molecule has 16 heavy (non-hydrogen) atoms. The summed E-state index contributed by atoms with van der Waals surface area (Å²) in [5.41, 5.74) is 7.41. The molecule has 0 amide bonds. The quantitative estimate of drug-likeness (QED) is 0.590. The fourth-order valence-corrected chi connectivity index (χ4v) is 2.33. The summed E-state index contributed by atoms with van der Waals surface area (Å²) in [7, 11) is -1.65. The van der Waals surface area contributed by atoms with E-state index in [0.717, 1.165) is 6.42 Å². The van der Waals surface area contributed by atoms with E-state index in [1.54, 1.807) is 0 Å². The standard InChI is InChI=1S/C13H29NOSi/c1-8-11(9-2)12(14)10-15-16(6,7)13(3,4)5/h8,12H,9-10,14H2,1-7H3. The topological polar surface area (TPSA) is 35.2 Å². The van der Waals surface area contributed by atoms with Crippen LogP contribution in [-0.2, 0) is 4.43 Å². The summed E-state index contributed by atoms with van der Waals surface area (Å²) in [6.07, 6.45) is 3.12. The van der Waals surface area contributed by atoms with E-state index in [4.69, 9.17) is 10.2 Å². The van der Waals surface area contributed by atoms with Crippen molar-refractivity contribution in [2.24, 2.45) is 5.73 Å². The van der Waals surface area contributed by atoms with Crippen LogP contribution in [0.25, 0.3) is 0 Å². The molecule has 96 valence electrons. The summed E-state index contributed by atoms with van der Waals surface area (Å²) in [4.78, 5) is 0. The van der Waals surface area contributed by atoms with Crippen molar-refractivity contribution in [1.82, 2.24) is 0 Å². The van der Waals surface area contributed by atoms with Crippen LogP contribution >= 0.6 is 0 Å². The fourth-order valence-electron chi connectivity index (χ4n) is 1.30. The molecule has 0 spiro atoms. The van der Waals surface area contributed by atoms with E-state index in [1.807, 2.05) is 6.92 Å². The summed E-state index contributed by atoms with van der Waals surface area (Å²) in [6.45, 7) is 16.1. The van der Waals surface area contributed by atoms with Gasteiger partial charge < -0.3 is 10.2 Å². The smallest absolute Gasteiger partial charge is 0.192 e. The van der Waals surface area contributed by atoms with Crippen molar-refractivity contribution in [1.29, 1.82) is 0 Å². The van der Waals surface area contributed by atoms with Crippen molar-refractivity contribution in [3.63, 3.8) is 0 Å². The molecule has 0 aliphatic heterocycles. The van der Waals surface area contributed by atoms with Gasteiger partial charge in [-0.2, -0.15) is 0 Å². The number of hydrogen-bond acceptors (Lipinski definition) is 2. The molecule has 0 aliphatic rings. The number of rotatable bonds is 5. The number of nitrogens with two attached hydrogens (primary N) is 1. The predicted molar refractivity (Wildman–Crippen MR) is 75.2 cm³/mol. The first-order chi connectivity index (χ1) is 7.15. The first-order valence-electron chi connectivity index (χ1n) is 6.20. The van der Waals surface area contributed by atoms with E-state index in [1.165, 1.54) is 5.57 Å². The minimum Gasteiger partial charge on any atom is -0.415 e. The van der Waals surface area contributed by atoms with Crippen LogP contribution in [0.4, 0.5) is 0 Å². The third kappa shape index (κ3) is 4.40. The molecule has 0 saturated carbocycles. The molecule has 1 atom stereocenters. The van der Waals surface area contributed by atoms with Crippen molar-refractivity contribution < 1.29 is 4.43 Å². The Morgan fingerprint density at radius 2 is 1.88 bits per heavy atom. The minimum absolute atomic E-state index is 0.0594. The minimum atomic E-state index is -1.65. The van der Waals surface area contributed by atoms with Crippen LogP contribution in [0, 0.1) is 0 Å². The molecule has 1 unspecified atom stereocenters. The van der Waals surface area contributed by atoms with Crippen molar-refractivity contribution >= 4 is 8.32 Å². The lowest BCUT2D eigenvalue weighted by atomic mass is 10.1. The van der Waals surface area contributed by atoms with Gasteiger partial charge in [0.15, 0.2) is 8.32 Å². The SMILES string of the molecule is CC=C(CC)C(N)CO[Si](C)(C)C(C)(C)C. The second-order valence-corrected chi connectivity index (χ2v) is 10.7. The van der Waals surface area contributed by atoms with Crippen molar-refractivity contribution in [2.75, 3.05) is 6.61 Å². The van der Waals surface area contributed by atoms with Gasteiger partial charge in [-0.15, -0.1) is 0 Å². The number of hydrogen-bond donors (Lipinski definition) is 1. The molecular formula is C13H29NOSi. The first-order valence-corrected chi connectivity index (χ1v) is 9.11. The predicted octanol–water partition coefficient (Wildman–Crippen LogP) is 3.69. The van der Waals surface area contributed by atoms with Crippen LogP contribution in [0.1, 0.15) is 41.0 Å². The van der Waals surface area contributed by atoms with Crippen molar-refractivity contribution in [3.8, 4) is 0 Å². The molecule has 0 aliphatic carbocycles. The van der Waals surface area contributed by atoms with Gasteiger partial charge in [-0.1, -0.05) is 39.3 Å². The average Bonchev–Trinajstić information content (AvgIpc) is 2.15. The van der Waals surface area contributed by atoms with E-state index in [2.05, 4.69) is 46.9 Å². The molecule has 0 fully saturated rings. The maximum absolute atomic E-state index is 6.12. The zero-order valence-electron chi connectivity index (χ0n) is 12.1. The Hall–Kier alpha value is -0.123. The zero-order chi connectivity index (χ0) is 13.0. The fraction of sp³-hybridized carbons (Fsp3) is 0.846. The Labute approximate surface area is 102 Å². The molecule has 0 bridgehead atoms. The van der Waals surface area contributed by atoms with Crippen LogP contribution in [0.15, 0.2) is 11.6 Å². The van der Waals surface area contributed by atoms with Crippen LogP contribution in [0.2, 0.25) is 18.1 Å². The van der Waals surface area contributed by atoms with Gasteiger partial charge in [0.25, 0.3) is 0 Å².